The molecule has 0 saturated heterocycles. The first kappa shape index (κ1) is 15.6. The lowest BCUT2D eigenvalue weighted by molar-refractivity contribution is 0.0958. The summed E-state index contributed by atoms with van der Waals surface area (Å²) < 4.78 is 1.90. The fourth-order valence-corrected chi connectivity index (χ4v) is 4.77. The Morgan fingerprint density at radius 3 is 3.00 bits per heavy atom. The summed E-state index contributed by atoms with van der Waals surface area (Å²) in [5.74, 6) is -0.0865. The fourth-order valence-electron chi connectivity index (χ4n) is 3.63. The molecule has 2 heterocycles. The molecule has 5 nitrogen and oxygen atoms in total. The average molecular weight is 342 g/mol. The van der Waals surface area contributed by atoms with Crippen LogP contribution in [0.1, 0.15) is 63.5 Å². The molecule has 2 aromatic rings. The summed E-state index contributed by atoms with van der Waals surface area (Å²) in [6.07, 6.45) is 10.8. The second kappa shape index (κ2) is 6.51. The monoisotopic (exact) mass is 342 g/mol. The summed E-state index contributed by atoms with van der Waals surface area (Å²) in [6.45, 7) is 0. The van der Waals surface area contributed by atoms with Gasteiger partial charge in [-0.05, 0) is 56.6 Å². The van der Waals surface area contributed by atoms with Gasteiger partial charge in [0.1, 0.15) is 0 Å². The molecule has 2 aliphatic carbocycles. The molecule has 0 aromatic carbocycles. The Morgan fingerprint density at radius 2 is 2.08 bits per heavy atom. The number of aromatic nitrogens is 2. The molecule has 2 aliphatic rings. The van der Waals surface area contributed by atoms with Crippen LogP contribution < -0.4 is 5.43 Å². The van der Waals surface area contributed by atoms with Gasteiger partial charge in [0, 0.05) is 23.2 Å². The second-order valence-electron chi connectivity index (χ2n) is 6.60. The highest BCUT2D eigenvalue weighted by Crippen LogP contribution is 2.29. The number of nitrogens with zero attached hydrogens (tertiary/aromatic N) is 3. The van der Waals surface area contributed by atoms with Crippen LogP contribution in [0.25, 0.3) is 0 Å². The molecular weight excluding hydrogens is 320 g/mol. The van der Waals surface area contributed by atoms with E-state index in [1.54, 1.807) is 11.3 Å². The van der Waals surface area contributed by atoms with Crippen LogP contribution in [0.2, 0.25) is 0 Å². The van der Waals surface area contributed by atoms with E-state index in [1.165, 1.54) is 35.4 Å². The summed E-state index contributed by atoms with van der Waals surface area (Å²) in [5.41, 5.74) is 7.35. The first-order valence-corrected chi connectivity index (χ1v) is 9.54. The summed E-state index contributed by atoms with van der Waals surface area (Å²) in [7, 11) is 1.96. The first-order valence-electron chi connectivity index (χ1n) is 8.72. The molecule has 24 heavy (non-hydrogen) atoms. The van der Waals surface area contributed by atoms with Gasteiger partial charge < -0.3 is 0 Å². The van der Waals surface area contributed by atoms with Gasteiger partial charge in [0.2, 0.25) is 0 Å². The quantitative estimate of drug-likeness (QED) is 0.673. The summed E-state index contributed by atoms with van der Waals surface area (Å²) in [4.78, 5) is 14.7. The van der Waals surface area contributed by atoms with Crippen molar-refractivity contribution in [3.8, 4) is 0 Å². The molecule has 126 valence electrons. The molecule has 6 heteroatoms. The Hall–Kier alpha value is -1.95. The Morgan fingerprint density at radius 1 is 1.21 bits per heavy atom. The lowest BCUT2D eigenvalue weighted by Crippen LogP contribution is -2.21. The van der Waals surface area contributed by atoms with Gasteiger partial charge in [-0.1, -0.05) is 6.42 Å². The van der Waals surface area contributed by atoms with E-state index in [1.807, 2.05) is 17.9 Å². The highest BCUT2D eigenvalue weighted by molar-refractivity contribution is 7.14. The van der Waals surface area contributed by atoms with Gasteiger partial charge in [0.15, 0.2) is 0 Å². The predicted molar refractivity (Wildman–Crippen MR) is 95.7 cm³/mol. The number of hydrazone groups is 1. The van der Waals surface area contributed by atoms with E-state index in [0.29, 0.717) is 0 Å². The van der Waals surface area contributed by atoms with Crippen molar-refractivity contribution >= 4 is 23.0 Å². The van der Waals surface area contributed by atoms with Crippen LogP contribution in [0, 0.1) is 0 Å². The molecule has 0 saturated carbocycles. The van der Waals surface area contributed by atoms with Crippen LogP contribution in [-0.2, 0) is 26.3 Å². The maximum Gasteiger partial charge on any atom is 0.281 e. The molecule has 0 bridgehead atoms. The second-order valence-corrected chi connectivity index (χ2v) is 7.74. The van der Waals surface area contributed by atoms with Crippen molar-refractivity contribution in [1.82, 2.24) is 15.2 Å². The topological polar surface area (TPSA) is 59.3 Å². The number of hydrogen-bond donors (Lipinski definition) is 1. The smallest absolute Gasteiger partial charge is 0.272 e. The number of carbonyl (C=O) groups excluding carboxylic acids is 1. The molecule has 0 aliphatic heterocycles. The number of carbonyl (C=O) groups is 1. The van der Waals surface area contributed by atoms with Crippen molar-refractivity contribution in [3.63, 3.8) is 0 Å². The van der Waals surface area contributed by atoms with Gasteiger partial charge in [-0.15, -0.1) is 11.3 Å². The number of fused-ring (bicyclic) bond motifs is 2. The summed E-state index contributed by atoms with van der Waals surface area (Å²) in [5, 5.41) is 8.72. The van der Waals surface area contributed by atoms with Crippen LogP contribution in [0.15, 0.2) is 17.4 Å². The van der Waals surface area contributed by atoms with E-state index in [2.05, 4.69) is 21.7 Å². The van der Waals surface area contributed by atoms with Crippen LogP contribution in [0.5, 0.6) is 0 Å². The number of amides is 1. The van der Waals surface area contributed by atoms with Gasteiger partial charge in [0.05, 0.1) is 16.8 Å². The van der Waals surface area contributed by atoms with Crippen molar-refractivity contribution < 1.29 is 4.79 Å². The van der Waals surface area contributed by atoms with E-state index < -0.39 is 0 Å². The van der Waals surface area contributed by atoms with Crippen LogP contribution in [0.4, 0.5) is 0 Å². The van der Waals surface area contributed by atoms with E-state index in [0.717, 1.165) is 48.3 Å². The fraction of sp³-hybridized carbons (Fsp3) is 0.500. The van der Waals surface area contributed by atoms with Crippen LogP contribution >= 0.6 is 11.3 Å². The number of aryl methyl sites for hydroxylation is 3. The molecule has 2 aromatic heterocycles. The van der Waals surface area contributed by atoms with Gasteiger partial charge >= 0.3 is 0 Å². The third-order valence-electron chi connectivity index (χ3n) is 4.96. The van der Waals surface area contributed by atoms with Crippen molar-refractivity contribution in [2.24, 2.45) is 12.1 Å². The third kappa shape index (κ3) is 2.90. The van der Waals surface area contributed by atoms with Crippen molar-refractivity contribution in [2.45, 2.75) is 51.4 Å². The van der Waals surface area contributed by atoms with Crippen LogP contribution in [0.3, 0.4) is 0 Å². The van der Waals surface area contributed by atoms with E-state index in [4.69, 9.17) is 0 Å². The Labute approximate surface area is 145 Å². The highest BCUT2D eigenvalue weighted by Gasteiger charge is 2.20. The number of nitrogens with one attached hydrogen (secondary N) is 1. The summed E-state index contributed by atoms with van der Waals surface area (Å²) in [6, 6.07) is 2.07. The Bertz CT molecular complexity index is 779. The minimum atomic E-state index is -0.0865. The predicted octanol–water partition coefficient (Wildman–Crippen LogP) is 3.22. The molecule has 1 N–H and O–H groups in total. The summed E-state index contributed by atoms with van der Waals surface area (Å²) >= 11 is 1.64. The molecule has 0 fully saturated rings. The Balaban J connectivity index is 1.51. The molecule has 1 amide bonds. The zero-order valence-corrected chi connectivity index (χ0v) is 14.8. The minimum Gasteiger partial charge on any atom is -0.272 e. The van der Waals surface area contributed by atoms with Crippen molar-refractivity contribution in [2.75, 3.05) is 0 Å². The maximum absolute atomic E-state index is 12.5. The average Bonchev–Trinajstić information content (AvgIpc) is 3.11. The Kier molecular flexibility index (Phi) is 4.22. The van der Waals surface area contributed by atoms with Gasteiger partial charge in [-0.3, -0.25) is 9.48 Å². The molecule has 4 rings (SSSR count). The SMILES string of the molecule is Cn1ncc2c1CCCC2=NNC(=O)c1cc2c(s1)CCCCC2. The molecule has 0 unspecified atom stereocenters. The molecule has 0 radical (unpaired) electrons. The third-order valence-corrected chi connectivity index (χ3v) is 6.20. The number of thiophene rings is 1. The zero-order valence-electron chi connectivity index (χ0n) is 14.0. The highest BCUT2D eigenvalue weighted by atomic mass is 32.1. The molecule has 0 spiro atoms. The standard InChI is InChI=1S/C18H22N4OS/c1-22-15-8-5-7-14(13(15)11-19-22)20-21-18(23)17-10-12-6-3-2-4-9-16(12)24-17/h10-11H,2-9H2,1H3,(H,21,23). The van der Waals surface area contributed by atoms with Crippen molar-refractivity contribution in [3.05, 3.63) is 38.8 Å². The van der Waals surface area contributed by atoms with E-state index in [9.17, 15) is 4.79 Å². The molecule has 0 atom stereocenters. The van der Waals surface area contributed by atoms with Crippen LogP contribution in [-0.4, -0.2) is 21.4 Å². The van der Waals surface area contributed by atoms with Gasteiger partial charge in [0.25, 0.3) is 5.91 Å². The van der Waals surface area contributed by atoms with Gasteiger partial charge in [-0.25, -0.2) is 5.43 Å². The molecular formula is C18H22N4OS. The lowest BCUT2D eigenvalue weighted by Gasteiger charge is -2.14. The zero-order chi connectivity index (χ0) is 16.5. The van der Waals surface area contributed by atoms with E-state index >= 15 is 0 Å². The van der Waals surface area contributed by atoms with Crippen molar-refractivity contribution in [1.29, 1.82) is 0 Å². The maximum atomic E-state index is 12.5. The minimum absolute atomic E-state index is 0.0865. The number of rotatable bonds is 2. The number of hydrogen-bond acceptors (Lipinski definition) is 4. The first-order chi connectivity index (χ1) is 11.7. The normalized spacial score (nSPS) is 18.8. The van der Waals surface area contributed by atoms with E-state index in [-0.39, 0.29) is 5.91 Å². The largest absolute Gasteiger partial charge is 0.281 e. The lowest BCUT2D eigenvalue weighted by atomic mass is 9.96. The van der Waals surface area contributed by atoms with Gasteiger partial charge in [-0.2, -0.15) is 10.2 Å².